The molecule has 244 valence electrons. The highest BCUT2D eigenvalue weighted by Crippen LogP contribution is 2.35. The first-order valence-electron chi connectivity index (χ1n) is 14.5. The lowest BCUT2D eigenvalue weighted by molar-refractivity contribution is -0.138. The van der Waals surface area contributed by atoms with Crippen LogP contribution in [0.4, 0.5) is 26.3 Å². The van der Waals surface area contributed by atoms with Gasteiger partial charge in [-0.05, 0) is 102 Å². The van der Waals surface area contributed by atoms with Gasteiger partial charge in [0.05, 0.1) is 46.7 Å². The standard InChI is InChI=1S/C37H15F6N3S4/c38-36(39,40)23-7-1-20(2-8-23)5-11-25-15-22-16-30-26(17-29(22)47-25)44-34(48-30)13-14-35-46-28-19-31-27(18-32(28)50-35)45-33(49-31)12-6-21-3-9-24(10-4-21)37(41,42)43/h1-4,7-10,13-19H. The van der Waals surface area contributed by atoms with E-state index in [9.17, 15) is 26.3 Å². The summed E-state index contributed by atoms with van der Waals surface area (Å²) in [5.74, 6) is 11.8. The molecule has 0 fully saturated rings. The van der Waals surface area contributed by atoms with Gasteiger partial charge >= 0.3 is 12.4 Å². The topological polar surface area (TPSA) is 38.7 Å². The molecular formula is C37H15F6N3S4. The lowest BCUT2D eigenvalue weighted by atomic mass is 10.1. The summed E-state index contributed by atoms with van der Waals surface area (Å²) in [4.78, 5) is 14.9. The first kappa shape index (κ1) is 32.2. The van der Waals surface area contributed by atoms with E-state index in [1.54, 1.807) is 11.3 Å². The molecule has 13 heteroatoms. The molecule has 8 aromatic rings. The van der Waals surface area contributed by atoms with Crippen LogP contribution in [0.25, 0.3) is 52.9 Å². The lowest BCUT2D eigenvalue weighted by Crippen LogP contribution is -2.04. The van der Waals surface area contributed by atoms with E-state index in [0.29, 0.717) is 16.1 Å². The van der Waals surface area contributed by atoms with Gasteiger partial charge in [0.1, 0.15) is 10.0 Å². The van der Waals surface area contributed by atoms with Crippen LogP contribution in [0.1, 0.15) is 42.2 Å². The number of nitrogens with zero attached hydrogens (tertiary/aromatic N) is 3. The third-order valence-corrected chi connectivity index (χ3v) is 11.3. The van der Waals surface area contributed by atoms with Crippen molar-refractivity contribution in [2.75, 3.05) is 0 Å². The number of benzene rings is 4. The van der Waals surface area contributed by atoms with Gasteiger partial charge < -0.3 is 0 Å². The third-order valence-electron chi connectivity index (χ3n) is 7.39. The molecule has 0 unspecified atom stereocenters. The predicted octanol–water partition coefficient (Wildman–Crippen LogP) is 11.7. The van der Waals surface area contributed by atoms with Gasteiger partial charge in [0, 0.05) is 15.8 Å². The quantitative estimate of drug-likeness (QED) is 0.131. The van der Waals surface area contributed by atoms with Crippen LogP contribution < -0.4 is 0 Å². The zero-order valence-electron chi connectivity index (χ0n) is 24.9. The van der Waals surface area contributed by atoms with E-state index in [2.05, 4.69) is 34.7 Å². The molecule has 0 aliphatic rings. The molecule has 50 heavy (non-hydrogen) atoms. The maximum atomic E-state index is 12.8. The smallest absolute Gasteiger partial charge is 0.237 e. The van der Waals surface area contributed by atoms with Crippen LogP contribution in [0.2, 0.25) is 0 Å². The van der Waals surface area contributed by atoms with E-state index in [-0.39, 0.29) is 0 Å². The number of halogens is 6. The van der Waals surface area contributed by atoms with E-state index < -0.39 is 23.5 Å². The molecule has 4 heterocycles. The van der Waals surface area contributed by atoms with Crippen LogP contribution in [-0.4, -0.2) is 15.0 Å². The minimum absolute atomic E-state index is 0.473. The number of thiazole rings is 3. The average molecular weight is 744 g/mol. The first-order valence-corrected chi connectivity index (χ1v) is 17.8. The molecule has 3 nitrogen and oxygen atoms in total. The number of thiophene rings is 1. The Bertz CT molecular complexity index is 2450. The Hall–Kier alpha value is -5.05. The Kier molecular flexibility index (Phi) is 7.96. The number of fused-ring (bicyclic) bond motifs is 4. The molecule has 0 aliphatic carbocycles. The van der Waals surface area contributed by atoms with Crippen molar-refractivity contribution in [1.29, 1.82) is 0 Å². The van der Waals surface area contributed by atoms with Gasteiger partial charge in [-0.15, -0.1) is 45.3 Å². The van der Waals surface area contributed by atoms with Gasteiger partial charge in [-0.1, -0.05) is 17.8 Å². The van der Waals surface area contributed by atoms with Crippen LogP contribution in [0.5, 0.6) is 0 Å². The molecule has 0 amide bonds. The van der Waals surface area contributed by atoms with Crippen molar-refractivity contribution >= 4 is 98.2 Å². The second-order valence-corrected chi connectivity index (χ2v) is 15.1. The van der Waals surface area contributed by atoms with E-state index in [4.69, 9.17) is 9.97 Å². The van der Waals surface area contributed by atoms with Crippen LogP contribution in [0, 0.1) is 23.7 Å². The number of hydrogen-bond acceptors (Lipinski definition) is 7. The maximum absolute atomic E-state index is 12.8. The summed E-state index contributed by atoms with van der Waals surface area (Å²) in [5, 5.41) is 3.23. The summed E-state index contributed by atoms with van der Waals surface area (Å²) in [7, 11) is 0. The SMILES string of the molecule is FC(F)(F)c1ccc(C#Cc2cc3cc4sc(C=Cc5nc6cc7sc(C#Cc8ccc(C(F)(F)F)cc8)nc7cc6s5)nc4cc3s2)cc1. The minimum Gasteiger partial charge on any atom is -0.237 e. The molecular weight excluding hydrogens is 729 g/mol. The fourth-order valence-electron chi connectivity index (χ4n) is 4.99. The zero-order valence-corrected chi connectivity index (χ0v) is 28.2. The van der Waals surface area contributed by atoms with Crippen molar-refractivity contribution in [3.63, 3.8) is 0 Å². The Balaban J connectivity index is 0.972. The van der Waals surface area contributed by atoms with Gasteiger partial charge in [0.2, 0.25) is 0 Å². The molecule has 0 spiro atoms. The van der Waals surface area contributed by atoms with Gasteiger partial charge in [-0.2, -0.15) is 26.3 Å². The second kappa shape index (κ2) is 12.4. The first-order chi connectivity index (χ1) is 23.9. The largest absolute Gasteiger partial charge is 0.416 e. The van der Waals surface area contributed by atoms with E-state index in [1.165, 1.54) is 58.3 Å². The predicted molar refractivity (Wildman–Crippen MR) is 192 cm³/mol. The third kappa shape index (κ3) is 6.73. The summed E-state index contributed by atoms with van der Waals surface area (Å²) >= 11 is 5.98. The van der Waals surface area contributed by atoms with Gasteiger partial charge in [0.25, 0.3) is 0 Å². The number of rotatable bonds is 2. The lowest BCUT2D eigenvalue weighted by Gasteiger charge is -2.05. The molecule has 8 rings (SSSR count). The Morgan fingerprint density at radius 2 is 0.960 bits per heavy atom. The summed E-state index contributed by atoms with van der Waals surface area (Å²) in [6, 6.07) is 19.5. The molecule has 0 saturated heterocycles. The van der Waals surface area contributed by atoms with Gasteiger partial charge in [-0.3, -0.25) is 0 Å². The van der Waals surface area contributed by atoms with Gasteiger partial charge in [0.15, 0.2) is 5.01 Å². The van der Waals surface area contributed by atoms with Crippen molar-refractivity contribution < 1.29 is 26.3 Å². The van der Waals surface area contributed by atoms with Crippen LogP contribution in [0.15, 0.2) is 78.9 Å². The average Bonchev–Trinajstić information content (AvgIpc) is 3.86. The van der Waals surface area contributed by atoms with Crippen molar-refractivity contribution in [3.05, 3.63) is 121 Å². The summed E-state index contributed by atoms with van der Waals surface area (Å²) in [5.41, 5.74) is 2.03. The maximum Gasteiger partial charge on any atom is 0.416 e. The fraction of sp³-hybridized carbons (Fsp3) is 0.0541. The molecule has 0 bridgehead atoms. The molecule has 0 saturated carbocycles. The summed E-state index contributed by atoms with van der Waals surface area (Å²) in [6.07, 6.45) is -4.90. The number of aromatic nitrogens is 3. The minimum atomic E-state index is -4.39. The molecule has 0 radical (unpaired) electrons. The zero-order chi connectivity index (χ0) is 34.6. The van der Waals surface area contributed by atoms with Crippen LogP contribution >= 0.6 is 45.3 Å². The Morgan fingerprint density at radius 1 is 0.480 bits per heavy atom. The molecule has 4 aromatic heterocycles. The van der Waals surface area contributed by atoms with E-state index in [1.807, 2.05) is 36.4 Å². The monoisotopic (exact) mass is 743 g/mol. The van der Waals surface area contributed by atoms with Crippen LogP contribution in [0.3, 0.4) is 0 Å². The van der Waals surface area contributed by atoms with E-state index in [0.717, 1.165) is 79.9 Å². The van der Waals surface area contributed by atoms with Crippen molar-refractivity contribution in [3.8, 4) is 23.7 Å². The number of alkyl halides is 6. The summed E-state index contributed by atoms with van der Waals surface area (Å²) in [6.45, 7) is 0. The molecule has 0 aliphatic heterocycles. The highest BCUT2D eigenvalue weighted by atomic mass is 32.1. The Morgan fingerprint density at radius 3 is 1.52 bits per heavy atom. The second-order valence-electron chi connectivity index (χ2n) is 10.9. The fourth-order valence-corrected chi connectivity index (χ4v) is 8.54. The van der Waals surface area contributed by atoms with Crippen molar-refractivity contribution in [2.45, 2.75) is 12.4 Å². The molecule has 0 atom stereocenters. The highest BCUT2D eigenvalue weighted by molar-refractivity contribution is 7.21. The molecule has 0 N–H and O–H groups in total. The summed E-state index contributed by atoms with van der Waals surface area (Å²) < 4.78 is 80.8. The normalized spacial score (nSPS) is 12.2. The van der Waals surface area contributed by atoms with Gasteiger partial charge in [-0.25, -0.2) is 15.0 Å². The highest BCUT2D eigenvalue weighted by Gasteiger charge is 2.30. The van der Waals surface area contributed by atoms with Crippen LogP contribution in [-0.2, 0) is 12.4 Å². The Labute approximate surface area is 295 Å². The van der Waals surface area contributed by atoms with E-state index >= 15 is 0 Å². The van der Waals surface area contributed by atoms with Crippen molar-refractivity contribution in [1.82, 2.24) is 15.0 Å². The number of hydrogen-bond donors (Lipinski definition) is 0. The van der Waals surface area contributed by atoms with Crippen molar-refractivity contribution in [2.24, 2.45) is 0 Å². The molecule has 4 aromatic carbocycles.